The molecule has 2 aromatic carbocycles. The molecule has 2 nitrogen and oxygen atoms in total. The summed E-state index contributed by atoms with van der Waals surface area (Å²) in [7, 11) is -2.86. The maximum absolute atomic E-state index is 12.2. The molecule has 0 radical (unpaired) electrons. The molecule has 0 amide bonds. The second-order valence-corrected chi connectivity index (χ2v) is 13.6. The van der Waals surface area contributed by atoms with Gasteiger partial charge in [0.05, 0.1) is 0 Å². The topological polar surface area (TPSA) is 40.5 Å². The fraction of sp³-hybridized carbons (Fsp3) is 0.517. The zero-order valence-electron chi connectivity index (χ0n) is 20.3. The zero-order valence-corrected chi connectivity index (χ0v) is 21.3. The summed E-state index contributed by atoms with van der Waals surface area (Å²) in [6.07, 6.45) is 17.5. The Morgan fingerprint density at radius 3 is 1.59 bits per heavy atom. The molecule has 0 saturated carbocycles. The molecule has 0 aliphatic rings. The number of aliphatic hydroxyl groups is 1. The molecule has 0 bridgehead atoms. The Kier molecular flexibility index (Phi) is 12.0. The molecule has 0 fully saturated rings. The maximum atomic E-state index is 12.2. The van der Waals surface area contributed by atoms with E-state index in [4.69, 9.17) is 5.11 Å². The minimum Gasteiger partial charge on any atom is -0.424 e. The Morgan fingerprint density at radius 2 is 1.09 bits per heavy atom. The van der Waals surface area contributed by atoms with Gasteiger partial charge >= 0.3 is 0 Å². The van der Waals surface area contributed by atoms with Crippen LogP contribution in [-0.2, 0) is 0 Å². The highest BCUT2D eigenvalue weighted by molar-refractivity contribution is 6.98. The maximum Gasteiger partial charge on any atom is 0.258 e. The molecule has 2 N–H and O–H groups in total. The van der Waals surface area contributed by atoms with Gasteiger partial charge in [0.2, 0.25) is 0 Å². The molecule has 176 valence electrons. The van der Waals surface area contributed by atoms with E-state index in [-0.39, 0.29) is 5.04 Å². The lowest BCUT2D eigenvalue weighted by molar-refractivity contribution is 0.282. The van der Waals surface area contributed by atoms with Crippen LogP contribution >= 0.6 is 0 Å². The lowest BCUT2D eigenvalue weighted by atomic mass is 10.0. The Bertz CT molecular complexity index is 716. The van der Waals surface area contributed by atoms with E-state index in [0.717, 1.165) is 42.5 Å². The van der Waals surface area contributed by atoms with Gasteiger partial charge in [0.15, 0.2) is 0 Å². The second kappa shape index (κ2) is 14.5. The van der Waals surface area contributed by atoms with E-state index in [1.54, 1.807) is 0 Å². The van der Waals surface area contributed by atoms with Crippen molar-refractivity contribution in [1.29, 1.82) is 0 Å². The Hall–Kier alpha value is -1.68. The van der Waals surface area contributed by atoms with E-state index >= 15 is 0 Å². The molecule has 32 heavy (non-hydrogen) atoms. The van der Waals surface area contributed by atoms with Gasteiger partial charge < -0.3 is 9.90 Å². The Labute approximate surface area is 197 Å². The van der Waals surface area contributed by atoms with Crippen molar-refractivity contribution in [2.24, 2.45) is 0 Å². The summed E-state index contributed by atoms with van der Waals surface area (Å²) in [5.74, 6) is 0. The normalized spacial score (nSPS) is 12.5. The fourth-order valence-electron chi connectivity index (χ4n) is 4.63. The zero-order chi connectivity index (χ0) is 23.1. The van der Waals surface area contributed by atoms with E-state index in [2.05, 4.69) is 50.3 Å². The van der Waals surface area contributed by atoms with Gasteiger partial charge in [-0.25, -0.2) is 0 Å². The van der Waals surface area contributed by atoms with Crippen LogP contribution in [0.4, 0.5) is 0 Å². The first-order valence-electron chi connectivity index (χ1n) is 12.6. The van der Waals surface area contributed by atoms with Crippen molar-refractivity contribution in [2.45, 2.75) is 89.5 Å². The highest BCUT2D eigenvalue weighted by Crippen LogP contribution is 2.40. The third-order valence-electron chi connectivity index (χ3n) is 6.73. The molecule has 0 aliphatic heterocycles. The molecule has 2 rings (SSSR count). The van der Waals surface area contributed by atoms with Gasteiger partial charge in [-0.15, -0.1) is 0 Å². The molecule has 2 aromatic rings. The van der Waals surface area contributed by atoms with Gasteiger partial charge in [0.1, 0.15) is 0 Å². The molecule has 0 atom stereocenters. The summed E-state index contributed by atoms with van der Waals surface area (Å²) in [6.45, 7) is 4.86. The first-order chi connectivity index (χ1) is 15.5. The first-order valence-corrected chi connectivity index (χ1v) is 14.6. The highest BCUT2D eigenvalue weighted by Gasteiger charge is 2.49. The number of aliphatic hydroxyl groups excluding tert-OH is 1. The van der Waals surface area contributed by atoms with Crippen molar-refractivity contribution in [2.75, 3.05) is 6.61 Å². The van der Waals surface area contributed by atoms with Crippen LogP contribution in [0.3, 0.4) is 0 Å². The van der Waals surface area contributed by atoms with Gasteiger partial charge in [0.25, 0.3) is 8.32 Å². The van der Waals surface area contributed by atoms with E-state index < -0.39 is 8.32 Å². The molecule has 0 heterocycles. The SMILES string of the molecule is CC(C)(CCCCC/C=C\CCCCCCCO)[Si](O)(c1ccccc1)c1ccccc1. The van der Waals surface area contributed by atoms with Gasteiger partial charge in [-0.05, 0) is 53.9 Å². The minimum atomic E-state index is -2.86. The first kappa shape index (κ1) is 26.6. The van der Waals surface area contributed by atoms with Crippen LogP contribution in [0.15, 0.2) is 72.8 Å². The number of rotatable bonds is 16. The van der Waals surface area contributed by atoms with Crippen molar-refractivity contribution < 1.29 is 9.90 Å². The Morgan fingerprint density at radius 1 is 0.656 bits per heavy atom. The predicted molar refractivity (Wildman–Crippen MR) is 141 cm³/mol. The smallest absolute Gasteiger partial charge is 0.258 e. The van der Waals surface area contributed by atoms with Crippen molar-refractivity contribution in [3.63, 3.8) is 0 Å². The quantitative estimate of drug-likeness (QED) is 0.177. The summed E-state index contributed by atoms with van der Waals surface area (Å²) >= 11 is 0. The molecule has 0 aliphatic carbocycles. The van der Waals surface area contributed by atoms with E-state index in [9.17, 15) is 4.80 Å². The highest BCUT2D eigenvalue weighted by atomic mass is 28.4. The van der Waals surface area contributed by atoms with Crippen LogP contribution in [0.25, 0.3) is 0 Å². The summed E-state index contributed by atoms with van der Waals surface area (Å²) in [5, 5.41) is 10.9. The van der Waals surface area contributed by atoms with Crippen molar-refractivity contribution >= 4 is 18.7 Å². The van der Waals surface area contributed by atoms with Crippen molar-refractivity contribution in [1.82, 2.24) is 0 Å². The van der Waals surface area contributed by atoms with Crippen molar-refractivity contribution in [3.8, 4) is 0 Å². The van der Waals surface area contributed by atoms with Crippen LogP contribution in [0, 0.1) is 0 Å². The summed E-state index contributed by atoms with van der Waals surface area (Å²) in [5.41, 5.74) is 0. The minimum absolute atomic E-state index is 0.137. The third kappa shape index (κ3) is 8.02. The molecule has 0 unspecified atom stereocenters. The monoisotopic (exact) mass is 452 g/mol. The predicted octanol–water partition coefficient (Wildman–Crippen LogP) is 6.36. The van der Waals surface area contributed by atoms with Crippen LogP contribution in [0.2, 0.25) is 5.04 Å². The number of hydrogen-bond acceptors (Lipinski definition) is 2. The molecule has 0 spiro atoms. The lowest BCUT2D eigenvalue weighted by Gasteiger charge is -2.41. The van der Waals surface area contributed by atoms with E-state index in [1.807, 2.05) is 36.4 Å². The van der Waals surface area contributed by atoms with Gasteiger partial charge in [0, 0.05) is 6.61 Å². The number of unbranched alkanes of at least 4 members (excludes halogenated alkanes) is 8. The molecule has 3 heteroatoms. The van der Waals surface area contributed by atoms with E-state index in [0.29, 0.717) is 6.61 Å². The summed E-state index contributed by atoms with van der Waals surface area (Å²) in [4.78, 5) is 12.2. The average molecular weight is 453 g/mol. The largest absolute Gasteiger partial charge is 0.424 e. The number of benzene rings is 2. The molecule has 0 aromatic heterocycles. The van der Waals surface area contributed by atoms with Crippen LogP contribution in [-0.4, -0.2) is 24.8 Å². The number of allylic oxidation sites excluding steroid dienone is 2. The van der Waals surface area contributed by atoms with Crippen LogP contribution in [0.5, 0.6) is 0 Å². The second-order valence-electron chi connectivity index (χ2n) is 9.68. The third-order valence-corrected chi connectivity index (χ3v) is 11.3. The van der Waals surface area contributed by atoms with Crippen molar-refractivity contribution in [3.05, 3.63) is 72.8 Å². The lowest BCUT2D eigenvalue weighted by Crippen LogP contribution is -2.65. The number of hydrogen-bond donors (Lipinski definition) is 2. The standard InChI is InChI=1S/C29H44O2Si/c1-29(2,25-19-11-9-7-5-3-4-6-8-10-12-20-26-30)32(31,27-21-15-13-16-22-27)28-23-17-14-18-24-28/h3,5,13-18,21-24,30-31H,4,6-12,19-20,25-26H2,1-2H3/b5-3-. The van der Waals surface area contributed by atoms with Crippen LogP contribution in [0.1, 0.15) is 84.5 Å². The summed E-state index contributed by atoms with van der Waals surface area (Å²) < 4.78 is 0. The molecular weight excluding hydrogens is 408 g/mol. The van der Waals surface area contributed by atoms with Crippen LogP contribution < -0.4 is 10.4 Å². The van der Waals surface area contributed by atoms with Gasteiger partial charge in [-0.2, -0.15) is 0 Å². The Balaban J connectivity index is 1.79. The van der Waals surface area contributed by atoms with E-state index in [1.165, 1.54) is 38.5 Å². The summed E-state index contributed by atoms with van der Waals surface area (Å²) in [6, 6.07) is 20.7. The molecular formula is C29H44O2Si. The molecule has 0 saturated heterocycles. The van der Waals surface area contributed by atoms with Gasteiger partial charge in [-0.3, -0.25) is 0 Å². The average Bonchev–Trinajstić information content (AvgIpc) is 2.82. The van der Waals surface area contributed by atoms with Gasteiger partial charge in [-0.1, -0.05) is 119 Å². The fourth-order valence-corrected chi connectivity index (χ4v) is 8.42.